The van der Waals surface area contributed by atoms with Crippen LogP contribution in [0.2, 0.25) is 0 Å². The van der Waals surface area contributed by atoms with Gasteiger partial charge >= 0.3 is 0 Å². The molecule has 0 aliphatic heterocycles. The maximum absolute atomic E-state index is 10.3. The van der Waals surface area contributed by atoms with E-state index in [0.29, 0.717) is 5.92 Å². The number of rotatable bonds is 1. The zero-order chi connectivity index (χ0) is 11.9. The highest BCUT2D eigenvalue weighted by atomic mass is 16.3. The van der Waals surface area contributed by atoms with E-state index in [4.69, 9.17) is 0 Å². The van der Waals surface area contributed by atoms with Crippen molar-refractivity contribution >= 4 is 0 Å². The van der Waals surface area contributed by atoms with E-state index in [2.05, 4.69) is 26.8 Å². The molecule has 0 unspecified atom stereocenters. The van der Waals surface area contributed by atoms with Crippen molar-refractivity contribution in [3.63, 3.8) is 0 Å². The molecule has 0 aromatic carbocycles. The van der Waals surface area contributed by atoms with Crippen LogP contribution in [0.15, 0.2) is 11.6 Å². The normalized spacial score (nSPS) is 44.1. The van der Waals surface area contributed by atoms with Gasteiger partial charge in [-0.25, -0.2) is 0 Å². The molecule has 1 heteroatoms. The van der Waals surface area contributed by atoms with Gasteiger partial charge in [0.15, 0.2) is 0 Å². The van der Waals surface area contributed by atoms with Crippen LogP contribution in [0.25, 0.3) is 0 Å². The minimum Gasteiger partial charge on any atom is -0.390 e. The van der Waals surface area contributed by atoms with E-state index in [1.54, 1.807) is 5.57 Å². The van der Waals surface area contributed by atoms with E-state index >= 15 is 0 Å². The van der Waals surface area contributed by atoms with Crippen molar-refractivity contribution < 1.29 is 5.11 Å². The van der Waals surface area contributed by atoms with E-state index in [1.165, 1.54) is 12.8 Å². The molecule has 2 aliphatic rings. The van der Waals surface area contributed by atoms with E-state index in [0.717, 1.165) is 30.6 Å². The average Bonchev–Trinajstić information content (AvgIpc) is 2.15. The van der Waals surface area contributed by atoms with Crippen LogP contribution in [-0.4, -0.2) is 10.7 Å². The van der Waals surface area contributed by atoms with Crippen LogP contribution < -0.4 is 0 Å². The molecule has 16 heavy (non-hydrogen) atoms. The Morgan fingerprint density at radius 1 is 1.44 bits per heavy atom. The molecule has 0 spiro atoms. The number of hydrogen-bond acceptors (Lipinski definition) is 1. The van der Waals surface area contributed by atoms with Gasteiger partial charge in [0.25, 0.3) is 0 Å². The highest BCUT2D eigenvalue weighted by Gasteiger charge is 2.42. The minimum atomic E-state index is -0.411. The Bertz CT molecular complexity index is 288. The summed E-state index contributed by atoms with van der Waals surface area (Å²) >= 11 is 0. The second kappa shape index (κ2) is 4.18. The molecule has 2 rings (SSSR count). The maximum atomic E-state index is 10.3. The minimum absolute atomic E-state index is 0.411. The summed E-state index contributed by atoms with van der Waals surface area (Å²) < 4.78 is 0. The molecule has 0 bridgehead atoms. The van der Waals surface area contributed by atoms with Crippen molar-refractivity contribution in [3.8, 4) is 0 Å². The quantitative estimate of drug-likeness (QED) is 0.669. The molecule has 0 amide bonds. The van der Waals surface area contributed by atoms with Crippen molar-refractivity contribution in [3.05, 3.63) is 11.6 Å². The van der Waals surface area contributed by atoms with E-state index in [1.807, 2.05) is 6.92 Å². The maximum Gasteiger partial charge on any atom is 0.0623 e. The first-order valence-electron chi connectivity index (χ1n) is 6.80. The van der Waals surface area contributed by atoms with Crippen molar-refractivity contribution in [2.75, 3.05) is 0 Å². The highest BCUT2D eigenvalue weighted by molar-refractivity contribution is 5.14. The molecule has 4 atom stereocenters. The fraction of sp³-hybridized carbons (Fsp3) is 0.867. The molecule has 1 saturated carbocycles. The Morgan fingerprint density at radius 2 is 2.12 bits per heavy atom. The van der Waals surface area contributed by atoms with Gasteiger partial charge in [-0.2, -0.15) is 0 Å². The lowest BCUT2D eigenvalue weighted by Crippen LogP contribution is -2.42. The zero-order valence-electron chi connectivity index (χ0n) is 11.2. The van der Waals surface area contributed by atoms with Crippen LogP contribution in [-0.2, 0) is 0 Å². The topological polar surface area (TPSA) is 20.2 Å². The third kappa shape index (κ3) is 2.20. The fourth-order valence-corrected chi connectivity index (χ4v) is 3.86. The van der Waals surface area contributed by atoms with Gasteiger partial charge in [0.2, 0.25) is 0 Å². The summed E-state index contributed by atoms with van der Waals surface area (Å²) in [6.07, 6.45) is 6.84. The predicted octanol–water partition coefficient (Wildman–Crippen LogP) is 3.78. The second-order valence-corrected chi connectivity index (χ2v) is 6.60. The van der Waals surface area contributed by atoms with E-state index in [9.17, 15) is 5.11 Å². The number of aliphatic hydroxyl groups is 1. The monoisotopic (exact) mass is 222 g/mol. The van der Waals surface area contributed by atoms with Gasteiger partial charge in [-0.15, -0.1) is 0 Å². The molecular weight excluding hydrogens is 196 g/mol. The van der Waals surface area contributed by atoms with E-state index in [-0.39, 0.29) is 0 Å². The lowest BCUT2D eigenvalue weighted by Gasteiger charge is -2.47. The summed E-state index contributed by atoms with van der Waals surface area (Å²) in [7, 11) is 0. The smallest absolute Gasteiger partial charge is 0.0623 e. The van der Waals surface area contributed by atoms with Gasteiger partial charge in [0.05, 0.1) is 5.60 Å². The first-order valence-corrected chi connectivity index (χ1v) is 6.80. The molecule has 0 aromatic rings. The Labute approximate surface area is 99.9 Å². The molecule has 0 saturated heterocycles. The Hall–Kier alpha value is -0.300. The molecule has 0 heterocycles. The van der Waals surface area contributed by atoms with Gasteiger partial charge in [-0.1, -0.05) is 25.5 Å². The summed E-state index contributed by atoms with van der Waals surface area (Å²) in [5.74, 6) is 2.99. The number of fused-ring (bicyclic) bond motifs is 1. The van der Waals surface area contributed by atoms with Crippen molar-refractivity contribution in [2.24, 2.45) is 23.7 Å². The third-order valence-electron chi connectivity index (χ3n) is 4.89. The van der Waals surface area contributed by atoms with Gasteiger partial charge < -0.3 is 5.11 Å². The Kier molecular flexibility index (Phi) is 3.18. The average molecular weight is 222 g/mol. The van der Waals surface area contributed by atoms with Crippen LogP contribution in [0, 0.1) is 23.7 Å². The molecular formula is C15H26O. The Morgan fingerprint density at radius 3 is 2.75 bits per heavy atom. The third-order valence-corrected chi connectivity index (χ3v) is 4.89. The van der Waals surface area contributed by atoms with Gasteiger partial charge in [0.1, 0.15) is 0 Å². The lowest BCUT2D eigenvalue weighted by molar-refractivity contribution is -0.0370. The van der Waals surface area contributed by atoms with Crippen LogP contribution in [0.1, 0.15) is 53.4 Å². The van der Waals surface area contributed by atoms with Gasteiger partial charge in [0, 0.05) is 0 Å². The largest absolute Gasteiger partial charge is 0.390 e. The summed E-state index contributed by atoms with van der Waals surface area (Å²) in [6.45, 7) is 8.97. The van der Waals surface area contributed by atoms with Crippen molar-refractivity contribution in [2.45, 2.75) is 59.0 Å². The summed E-state index contributed by atoms with van der Waals surface area (Å²) in [5, 5.41) is 10.3. The molecule has 0 aromatic heterocycles. The predicted molar refractivity (Wildman–Crippen MR) is 68.2 cm³/mol. The first-order chi connectivity index (χ1) is 7.41. The van der Waals surface area contributed by atoms with Crippen molar-refractivity contribution in [1.29, 1.82) is 0 Å². The van der Waals surface area contributed by atoms with Crippen LogP contribution >= 0.6 is 0 Å². The molecule has 92 valence electrons. The SMILES string of the molecule is CC1=CC[C@@H](C(C)C)[C@@H]2C[C@@](C)(O)CC[C@@H]12. The Balaban J connectivity index is 2.22. The summed E-state index contributed by atoms with van der Waals surface area (Å²) in [4.78, 5) is 0. The fourth-order valence-electron chi connectivity index (χ4n) is 3.86. The van der Waals surface area contributed by atoms with E-state index < -0.39 is 5.60 Å². The van der Waals surface area contributed by atoms with Gasteiger partial charge in [-0.05, 0) is 63.2 Å². The molecule has 0 radical (unpaired) electrons. The second-order valence-electron chi connectivity index (χ2n) is 6.60. The van der Waals surface area contributed by atoms with Crippen molar-refractivity contribution in [1.82, 2.24) is 0 Å². The first kappa shape index (κ1) is 12.2. The summed E-state index contributed by atoms with van der Waals surface area (Å²) in [5.41, 5.74) is 1.17. The molecule has 2 aliphatic carbocycles. The molecule has 1 fully saturated rings. The number of hydrogen-bond donors (Lipinski definition) is 1. The van der Waals surface area contributed by atoms with Crippen LogP contribution in [0.4, 0.5) is 0 Å². The van der Waals surface area contributed by atoms with Crippen LogP contribution in [0.5, 0.6) is 0 Å². The zero-order valence-corrected chi connectivity index (χ0v) is 11.2. The van der Waals surface area contributed by atoms with Gasteiger partial charge in [-0.3, -0.25) is 0 Å². The molecule has 1 N–H and O–H groups in total. The molecule has 1 nitrogen and oxygen atoms in total. The van der Waals surface area contributed by atoms with Crippen LogP contribution in [0.3, 0.4) is 0 Å². The lowest BCUT2D eigenvalue weighted by atomic mass is 9.60. The summed E-state index contributed by atoms with van der Waals surface area (Å²) in [6, 6.07) is 0. The standard InChI is InChI=1S/C15H26O/c1-10(2)12-6-5-11(3)13-7-8-15(4,16)9-14(12)13/h5,10,12-14,16H,6-9H2,1-4H3/t12-,13-,14-,15-/m0/s1. The highest BCUT2D eigenvalue weighted by Crippen LogP contribution is 2.49. The number of allylic oxidation sites excluding steroid dienone is 2.